The van der Waals surface area contributed by atoms with Gasteiger partial charge in [-0.25, -0.2) is 9.69 Å². The molecule has 6 rings (SSSR count). The van der Waals surface area contributed by atoms with Gasteiger partial charge in [-0.05, 0) is 48.0 Å². The SMILES string of the molecule is CCOC(=O)C1C2C(=O)N(c3ccc(Cl)cc3)C(=O)C2C2C=Cc3c(ccc4ccccc34)N21. The summed E-state index contributed by atoms with van der Waals surface area (Å²) in [6.07, 6.45) is 3.95. The van der Waals surface area contributed by atoms with Crippen LogP contribution in [-0.4, -0.2) is 36.5 Å². The predicted octanol–water partition coefficient (Wildman–Crippen LogP) is 4.45. The number of halogens is 1. The number of hydrogen-bond acceptors (Lipinski definition) is 5. The first kappa shape index (κ1) is 20.9. The lowest BCUT2D eigenvalue weighted by molar-refractivity contribution is -0.147. The second kappa shape index (κ2) is 7.71. The monoisotopic (exact) mass is 472 g/mol. The topological polar surface area (TPSA) is 66.9 Å². The predicted molar refractivity (Wildman–Crippen MR) is 131 cm³/mol. The summed E-state index contributed by atoms with van der Waals surface area (Å²) in [7, 11) is 0. The Bertz CT molecular complexity index is 1380. The van der Waals surface area contributed by atoms with Gasteiger partial charge in [0.25, 0.3) is 0 Å². The molecule has 2 amide bonds. The highest BCUT2D eigenvalue weighted by molar-refractivity contribution is 6.31. The summed E-state index contributed by atoms with van der Waals surface area (Å²) in [6.45, 7) is 1.93. The zero-order valence-corrected chi connectivity index (χ0v) is 19.1. The van der Waals surface area contributed by atoms with Crippen molar-refractivity contribution < 1.29 is 19.1 Å². The molecule has 0 aliphatic carbocycles. The Morgan fingerprint density at radius 1 is 0.971 bits per heavy atom. The second-order valence-corrected chi connectivity index (χ2v) is 9.15. The van der Waals surface area contributed by atoms with Crippen LogP contribution in [0.2, 0.25) is 5.02 Å². The van der Waals surface area contributed by atoms with Crippen molar-refractivity contribution in [2.45, 2.75) is 19.0 Å². The summed E-state index contributed by atoms with van der Waals surface area (Å²) in [6, 6.07) is 17.2. The third-order valence-electron chi connectivity index (χ3n) is 7.03. The van der Waals surface area contributed by atoms with Gasteiger partial charge in [-0.2, -0.15) is 0 Å². The fraction of sp³-hybridized carbons (Fsp3) is 0.222. The average Bonchev–Trinajstić information content (AvgIpc) is 3.32. The van der Waals surface area contributed by atoms with Gasteiger partial charge in [0.1, 0.15) is 6.04 Å². The van der Waals surface area contributed by atoms with E-state index >= 15 is 0 Å². The summed E-state index contributed by atoms with van der Waals surface area (Å²) in [5, 5.41) is 2.64. The second-order valence-electron chi connectivity index (χ2n) is 8.71. The average molecular weight is 473 g/mol. The zero-order valence-electron chi connectivity index (χ0n) is 18.4. The van der Waals surface area contributed by atoms with Crippen LogP contribution >= 0.6 is 11.6 Å². The smallest absolute Gasteiger partial charge is 0.329 e. The van der Waals surface area contributed by atoms with Crippen molar-refractivity contribution in [1.29, 1.82) is 0 Å². The van der Waals surface area contributed by atoms with Gasteiger partial charge in [0.15, 0.2) is 0 Å². The maximum atomic E-state index is 13.7. The molecule has 0 aromatic heterocycles. The summed E-state index contributed by atoms with van der Waals surface area (Å²) in [5.41, 5.74) is 2.25. The number of benzene rings is 3. The number of imide groups is 1. The minimum Gasteiger partial charge on any atom is -0.464 e. The summed E-state index contributed by atoms with van der Waals surface area (Å²) in [4.78, 5) is 43.7. The molecule has 3 aliphatic heterocycles. The molecule has 3 aromatic rings. The minimum atomic E-state index is -0.895. The first-order valence-electron chi connectivity index (χ1n) is 11.3. The largest absolute Gasteiger partial charge is 0.464 e. The molecule has 2 saturated heterocycles. The Kier molecular flexibility index (Phi) is 4.74. The minimum absolute atomic E-state index is 0.189. The summed E-state index contributed by atoms with van der Waals surface area (Å²) < 4.78 is 5.42. The number of rotatable bonds is 3. The Morgan fingerprint density at radius 3 is 2.47 bits per heavy atom. The van der Waals surface area contributed by atoms with E-state index in [4.69, 9.17) is 16.3 Å². The molecule has 0 saturated carbocycles. The van der Waals surface area contributed by atoms with Gasteiger partial charge in [0.05, 0.1) is 30.2 Å². The van der Waals surface area contributed by atoms with E-state index in [0.29, 0.717) is 10.7 Å². The molecule has 2 fully saturated rings. The van der Waals surface area contributed by atoms with E-state index in [1.54, 1.807) is 31.2 Å². The van der Waals surface area contributed by atoms with Gasteiger partial charge in [-0.3, -0.25) is 9.59 Å². The molecule has 6 nitrogen and oxygen atoms in total. The summed E-state index contributed by atoms with van der Waals surface area (Å²) in [5.74, 6) is -2.72. The zero-order chi connectivity index (χ0) is 23.6. The Labute approximate surface area is 201 Å². The fourth-order valence-electron chi connectivity index (χ4n) is 5.67. The van der Waals surface area contributed by atoms with Crippen LogP contribution in [0.4, 0.5) is 11.4 Å². The highest BCUT2D eigenvalue weighted by Crippen LogP contribution is 2.50. The normalized spacial score (nSPS) is 24.9. The molecule has 3 aromatic carbocycles. The Balaban J connectivity index is 1.49. The van der Waals surface area contributed by atoms with E-state index in [1.807, 2.05) is 53.5 Å². The number of esters is 1. The number of fused-ring (bicyclic) bond motifs is 7. The maximum absolute atomic E-state index is 13.7. The van der Waals surface area contributed by atoms with Crippen LogP contribution in [-0.2, 0) is 19.1 Å². The molecular weight excluding hydrogens is 452 g/mol. The third-order valence-corrected chi connectivity index (χ3v) is 7.28. The summed E-state index contributed by atoms with van der Waals surface area (Å²) >= 11 is 6.00. The quantitative estimate of drug-likeness (QED) is 0.416. The molecule has 0 spiro atoms. The van der Waals surface area contributed by atoms with Crippen molar-refractivity contribution in [2.75, 3.05) is 16.4 Å². The number of carbonyl (C=O) groups is 3. The number of ether oxygens (including phenoxy) is 1. The van der Waals surface area contributed by atoms with Crippen molar-refractivity contribution in [1.82, 2.24) is 0 Å². The maximum Gasteiger partial charge on any atom is 0.329 e. The van der Waals surface area contributed by atoms with E-state index in [0.717, 1.165) is 22.0 Å². The molecule has 4 atom stereocenters. The molecule has 4 unspecified atom stereocenters. The lowest BCUT2D eigenvalue weighted by Crippen LogP contribution is -2.49. The van der Waals surface area contributed by atoms with E-state index in [2.05, 4.69) is 0 Å². The number of nitrogens with zero attached hydrogens (tertiary/aromatic N) is 2. The van der Waals surface area contributed by atoms with E-state index < -0.39 is 29.9 Å². The molecule has 170 valence electrons. The first-order valence-corrected chi connectivity index (χ1v) is 11.7. The Morgan fingerprint density at radius 2 is 1.71 bits per heavy atom. The van der Waals surface area contributed by atoms with Crippen LogP contribution < -0.4 is 9.80 Å². The molecule has 3 heterocycles. The van der Waals surface area contributed by atoms with Crippen LogP contribution in [0, 0.1) is 11.8 Å². The third kappa shape index (κ3) is 2.85. The Hall–Kier alpha value is -3.64. The highest BCUT2D eigenvalue weighted by Gasteiger charge is 2.65. The van der Waals surface area contributed by atoms with Gasteiger partial charge in [0.2, 0.25) is 11.8 Å². The molecule has 3 aliphatic rings. The lowest BCUT2D eigenvalue weighted by atomic mass is 9.88. The van der Waals surface area contributed by atoms with Crippen LogP contribution in [0.1, 0.15) is 12.5 Å². The van der Waals surface area contributed by atoms with Crippen LogP contribution in [0.5, 0.6) is 0 Å². The molecule has 0 radical (unpaired) electrons. The molecule has 7 heteroatoms. The number of anilines is 2. The number of hydrogen-bond donors (Lipinski definition) is 0. The number of carbonyl (C=O) groups excluding carboxylic acids is 3. The van der Waals surface area contributed by atoms with Gasteiger partial charge >= 0.3 is 5.97 Å². The van der Waals surface area contributed by atoms with Crippen LogP contribution in [0.15, 0.2) is 66.7 Å². The molecule has 0 N–H and O–H groups in total. The highest BCUT2D eigenvalue weighted by atomic mass is 35.5. The van der Waals surface area contributed by atoms with Gasteiger partial charge in [-0.15, -0.1) is 0 Å². The van der Waals surface area contributed by atoms with Gasteiger partial charge in [0, 0.05) is 16.3 Å². The fourth-order valence-corrected chi connectivity index (χ4v) is 5.80. The van der Waals surface area contributed by atoms with E-state index in [-0.39, 0.29) is 18.4 Å². The first-order chi connectivity index (χ1) is 16.5. The number of amides is 2. The standard InChI is InChI=1S/C27H21ClN2O4/c1-2-34-27(33)24-23-22(25(31)29(26(23)32)17-10-8-16(28)9-11-17)21-14-12-19-18-6-4-3-5-15(18)7-13-20(19)30(21)24/h3-14,21-24H,2H2,1H3. The van der Waals surface area contributed by atoms with Crippen molar-refractivity contribution >= 4 is 57.6 Å². The van der Waals surface area contributed by atoms with Gasteiger partial charge < -0.3 is 9.64 Å². The molecule has 0 bridgehead atoms. The van der Waals surface area contributed by atoms with Crippen molar-refractivity contribution in [3.63, 3.8) is 0 Å². The van der Waals surface area contributed by atoms with Crippen molar-refractivity contribution in [3.8, 4) is 0 Å². The van der Waals surface area contributed by atoms with Crippen LogP contribution in [0.25, 0.3) is 16.8 Å². The van der Waals surface area contributed by atoms with Crippen molar-refractivity contribution in [3.05, 3.63) is 77.3 Å². The lowest BCUT2D eigenvalue weighted by Gasteiger charge is -2.36. The van der Waals surface area contributed by atoms with E-state index in [9.17, 15) is 14.4 Å². The molecular formula is C27H21ClN2O4. The molecule has 34 heavy (non-hydrogen) atoms. The van der Waals surface area contributed by atoms with Crippen LogP contribution in [0.3, 0.4) is 0 Å². The van der Waals surface area contributed by atoms with E-state index in [1.165, 1.54) is 4.90 Å². The van der Waals surface area contributed by atoms with Gasteiger partial charge in [-0.1, -0.05) is 54.1 Å². The van der Waals surface area contributed by atoms with Crippen molar-refractivity contribution in [2.24, 2.45) is 11.8 Å².